The van der Waals surface area contributed by atoms with Crippen LogP contribution >= 0.6 is 0 Å². The fourth-order valence-electron chi connectivity index (χ4n) is 3.22. The number of methoxy groups -OCH3 is 2. The zero-order valence-corrected chi connectivity index (χ0v) is 15.0. The summed E-state index contributed by atoms with van der Waals surface area (Å²) in [7, 11) is 2.94. The van der Waals surface area contributed by atoms with Gasteiger partial charge in [-0.2, -0.15) is 0 Å². The highest BCUT2D eigenvalue weighted by Gasteiger charge is 2.36. The molecule has 1 amide bonds. The van der Waals surface area contributed by atoms with Gasteiger partial charge in [-0.3, -0.25) is 9.59 Å². The first-order chi connectivity index (χ1) is 13.1. The van der Waals surface area contributed by atoms with Crippen LogP contribution in [0.5, 0.6) is 5.75 Å². The number of ether oxygens (including phenoxy) is 2. The van der Waals surface area contributed by atoms with Crippen LogP contribution in [0.4, 0.5) is 5.69 Å². The van der Waals surface area contributed by atoms with Gasteiger partial charge in [-0.15, -0.1) is 0 Å². The van der Waals surface area contributed by atoms with Gasteiger partial charge in [-0.25, -0.2) is 4.98 Å². The maximum absolute atomic E-state index is 12.3. The highest BCUT2D eigenvalue weighted by molar-refractivity contribution is 6.00. The van der Waals surface area contributed by atoms with E-state index in [2.05, 4.69) is 4.98 Å². The Balaban J connectivity index is 1.63. The number of benzene rings is 2. The van der Waals surface area contributed by atoms with Crippen LogP contribution in [-0.2, 0) is 14.3 Å². The van der Waals surface area contributed by atoms with Gasteiger partial charge in [-0.1, -0.05) is 0 Å². The van der Waals surface area contributed by atoms with Gasteiger partial charge in [0.15, 0.2) is 5.58 Å². The molecule has 0 spiro atoms. The van der Waals surface area contributed by atoms with Gasteiger partial charge < -0.3 is 18.8 Å². The van der Waals surface area contributed by atoms with Gasteiger partial charge in [0.25, 0.3) is 0 Å². The number of rotatable bonds is 4. The van der Waals surface area contributed by atoms with E-state index in [-0.39, 0.29) is 18.3 Å². The minimum Gasteiger partial charge on any atom is -0.497 e. The number of esters is 1. The van der Waals surface area contributed by atoms with Gasteiger partial charge >= 0.3 is 5.97 Å². The lowest BCUT2D eigenvalue weighted by Gasteiger charge is -2.16. The van der Waals surface area contributed by atoms with Gasteiger partial charge in [0.2, 0.25) is 11.8 Å². The molecule has 4 rings (SSSR count). The molecule has 0 bridgehead atoms. The smallest absolute Gasteiger partial charge is 0.311 e. The van der Waals surface area contributed by atoms with Crippen molar-refractivity contribution in [3.8, 4) is 17.2 Å². The predicted molar refractivity (Wildman–Crippen MR) is 98.5 cm³/mol. The summed E-state index contributed by atoms with van der Waals surface area (Å²) in [6.45, 7) is 0.306. The summed E-state index contributed by atoms with van der Waals surface area (Å²) >= 11 is 0. The summed E-state index contributed by atoms with van der Waals surface area (Å²) in [5.41, 5.74) is 2.79. The Morgan fingerprint density at radius 3 is 2.67 bits per heavy atom. The Morgan fingerprint density at radius 1 is 1.19 bits per heavy atom. The zero-order chi connectivity index (χ0) is 19.0. The predicted octanol–water partition coefficient (Wildman–Crippen LogP) is 3.03. The Labute approximate surface area is 155 Å². The second kappa shape index (κ2) is 6.75. The lowest BCUT2D eigenvalue weighted by Crippen LogP contribution is -2.26. The van der Waals surface area contributed by atoms with Crippen molar-refractivity contribution in [3.05, 3.63) is 42.5 Å². The van der Waals surface area contributed by atoms with Crippen molar-refractivity contribution in [2.24, 2.45) is 5.92 Å². The molecule has 0 aliphatic carbocycles. The maximum atomic E-state index is 12.3. The summed E-state index contributed by atoms with van der Waals surface area (Å²) < 4.78 is 15.7. The van der Waals surface area contributed by atoms with Crippen molar-refractivity contribution in [2.75, 3.05) is 25.7 Å². The molecule has 0 N–H and O–H groups in total. The number of hydrogen-bond acceptors (Lipinski definition) is 6. The van der Waals surface area contributed by atoms with Crippen LogP contribution in [0, 0.1) is 5.92 Å². The van der Waals surface area contributed by atoms with E-state index in [9.17, 15) is 9.59 Å². The van der Waals surface area contributed by atoms with Crippen LogP contribution in [-0.4, -0.2) is 37.6 Å². The van der Waals surface area contributed by atoms with E-state index in [0.717, 1.165) is 11.3 Å². The van der Waals surface area contributed by atoms with Crippen molar-refractivity contribution in [1.29, 1.82) is 0 Å². The SMILES string of the molecule is COC(=O)[C@@H]1CC(=O)N(c2ccc3oc(-c4ccc(OC)cc4)nc3c2)C1. The first-order valence-corrected chi connectivity index (χ1v) is 8.52. The molecule has 1 aliphatic heterocycles. The number of carbonyl (C=O) groups is 2. The Kier molecular flexibility index (Phi) is 4.27. The molecule has 27 heavy (non-hydrogen) atoms. The molecule has 3 aromatic rings. The molecule has 1 atom stereocenters. The van der Waals surface area contributed by atoms with Crippen LogP contribution in [0.3, 0.4) is 0 Å². The molecular formula is C20H18N2O5. The fourth-order valence-corrected chi connectivity index (χ4v) is 3.22. The van der Waals surface area contributed by atoms with Crippen LogP contribution in [0.25, 0.3) is 22.6 Å². The molecule has 1 saturated heterocycles. The Morgan fingerprint density at radius 2 is 1.96 bits per heavy atom. The van der Waals surface area contributed by atoms with Crippen LogP contribution in [0.1, 0.15) is 6.42 Å². The first-order valence-electron chi connectivity index (χ1n) is 8.52. The number of amides is 1. The minimum absolute atomic E-state index is 0.108. The number of oxazole rings is 1. The summed E-state index contributed by atoms with van der Waals surface area (Å²) in [4.78, 5) is 30.1. The molecule has 0 radical (unpaired) electrons. The van der Waals surface area contributed by atoms with Gasteiger partial charge in [-0.05, 0) is 42.5 Å². The maximum Gasteiger partial charge on any atom is 0.311 e. The normalized spacial score (nSPS) is 16.7. The Bertz CT molecular complexity index is 1010. The van der Waals surface area contributed by atoms with Crippen molar-refractivity contribution in [1.82, 2.24) is 4.98 Å². The molecule has 2 aromatic carbocycles. The molecule has 0 unspecified atom stereocenters. The third-order valence-corrected chi connectivity index (χ3v) is 4.68. The average molecular weight is 366 g/mol. The van der Waals surface area contributed by atoms with Crippen molar-refractivity contribution in [2.45, 2.75) is 6.42 Å². The molecule has 0 saturated carbocycles. The summed E-state index contributed by atoms with van der Waals surface area (Å²) in [6.07, 6.45) is 0.153. The van der Waals surface area contributed by atoms with E-state index in [1.807, 2.05) is 24.3 Å². The second-order valence-corrected chi connectivity index (χ2v) is 6.33. The molecule has 1 fully saturated rings. The van der Waals surface area contributed by atoms with Gasteiger partial charge in [0.1, 0.15) is 11.3 Å². The monoisotopic (exact) mass is 366 g/mol. The number of carbonyl (C=O) groups excluding carboxylic acids is 2. The minimum atomic E-state index is -0.439. The molecule has 2 heterocycles. The largest absolute Gasteiger partial charge is 0.497 e. The fraction of sp³-hybridized carbons (Fsp3) is 0.250. The number of anilines is 1. The third kappa shape index (κ3) is 3.12. The topological polar surface area (TPSA) is 81.9 Å². The highest BCUT2D eigenvalue weighted by atomic mass is 16.5. The lowest BCUT2D eigenvalue weighted by atomic mass is 10.1. The lowest BCUT2D eigenvalue weighted by molar-refractivity contribution is -0.145. The van der Waals surface area contributed by atoms with E-state index < -0.39 is 5.92 Å². The molecule has 7 heteroatoms. The number of aromatic nitrogens is 1. The molecular weight excluding hydrogens is 348 g/mol. The van der Waals surface area contributed by atoms with Crippen molar-refractivity contribution >= 4 is 28.7 Å². The van der Waals surface area contributed by atoms with E-state index in [1.165, 1.54) is 7.11 Å². The highest BCUT2D eigenvalue weighted by Crippen LogP contribution is 2.31. The number of fused-ring (bicyclic) bond motifs is 1. The quantitative estimate of drug-likeness (QED) is 0.660. The van der Waals surface area contributed by atoms with Crippen LogP contribution < -0.4 is 9.64 Å². The van der Waals surface area contributed by atoms with Crippen molar-refractivity contribution < 1.29 is 23.5 Å². The standard InChI is InChI=1S/C20H18N2O5/c1-25-15-6-3-12(4-7-15)19-21-16-10-14(5-8-17(16)27-19)22-11-13(9-18(22)23)20(24)26-2/h3-8,10,13H,9,11H2,1-2H3/t13-/m1/s1. The number of nitrogens with zero attached hydrogens (tertiary/aromatic N) is 2. The van der Waals surface area contributed by atoms with Gasteiger partial charge in [0.05, 0.1) is 20.1 Å². The summed E-state index contributed by atoms with van der Waals surface area (Å²) in [6, 6.07) is 12.8. The number of hydrogen-bond donors (Lipinski definition) is 0. The van der Waals surface area contributed by atoms with E-state index in [0.29, 0.717) is 29.2 Å². The van der Waals surface area contributed by atoms with E-state index in [4.69, 9.17) is 13.9 Å². The molecule has 1 aromatic heterocycles. The summed E-state index contributed by atoms with van der Waals surface area (Å²) in [5.74, 6) is 0.332. The first kappa shape index (κ1) is 17.1. The Hall–Kier alpha value is -3.35. The van der Waals surface area contributed by atoms with Gasteiger partial charge in [0, 0.05) is 24.2 Å². The van der Waals surface area contributed by atoms with E-state index >= 15 is 0 Å². The molecule has 1 aliphatic rings. The van der Waals surface area contributed by atoms with Crippen molar-refractivity contribution in [3.63, 3.8) is 0 Å². The molecule has 138 valence electrons. The van der Waals surface area contributed by atoms with E-state index in [1.54, 1.807) is 30.2 Å². The third-order valence-electron chi connectivity index (χ3n) is 4.68. The van der Waals surface area contributed by atoms with Crippen LogP contribution in [0.2, 0.25) is 0 Å². The summed E-state index contributed by atoms with van der Waals surface area (Å²) in [5, 5.41) is 0. The van der Waals surface area contributed by atoms with Crippen LogP contribution in [0.15, 0.2) is 46.9 Å². The second-order valence-electron chi connectivity index (χ2n) is 6.33. The average Bonchev–Trinajstić information content (AvgIpc) is 3.30. The molecule has 7 nitrogen and oxygen atoms in total. The zero-order valence-electron chi connectivity index (χ0n) is 15.0.